The number of anilines is 2. The fraction of sp³-hybridized carbons (Fsp3) is 0.429. The summed E-state index contributed by atoms with van der Waals surface area (Å²) in [6.45, 7) is 5.51. The van der Waals surface area contributed by atoms with Crippen molar-refractivity contribution in [3.05, 3.63) is 24.3 Å². The van der Waals surface area contributed by atoms with E-state index in [1.54, 1.807) is 32.3 Å². The topological polar surface area (TPSA) is 61.4 Å². The van der Waals surface area contributed by atoms with Gasteiger partial charge in [-0.3, -0.25) is 4.79 Å². The molecule has 0 saturated heterocycles. The highest BCUT2D eigenvalue weighted by atomic mass is 16.2. The lowest BCUT2D eigenvalue weighted by Gasteiger charge is -2.20. The lowest BCUT2D eigenvalue weighted by Crippen LogP contribution is -2.30. The summed E-state index contributed by atoms with van der Waals surface area (Å²) in [4.78, 5) is 25.1. The van der Waals surface area contributed by atoms with Crippen LogP contribution in [-0.4, -0.2) is 30.9 Å². The Labute approximate surface area is 114 Å². The van der Waals surface area contributed by atoms with Gasteiger partial charge in [-0.25, -0.2) is 4.79 Å². The standard InChI is InChI=1S/C14H21N3O2/c1-14(2,3)12(18)15-10-8-6-7-9-11(10)16-13(19)17(4)5/h6-9H,1-5H3,(H,15,18)(H,16,19). The van der Waals surface area contributed by atoms with Crippen molar-refractivity contribution in [2.75, 3.05) is 24.7 Å². The second kappa shape index (κ2) is 5.73. The molecular formula is C14H21N3O2. The summed E-state index contributed by atoms with van der Waals surface area (Å²) in [6, 6.07) is 6.88. The van der Waals surface area contributed by atoms with Crippen LogP contribution in [0.4, 0.5) is 16.2 Å². The molecule has 0 heterocycles. The van der Waals surface area contributed by atoms with E-state index >= 15 is 0 Å². The van der Waals surface area contributed by atoms with Crippen LogP contribution in [0.3, 0.4) is 0 Å². The average molecular weight is 263 g/mol. The Balaban J connectivity index is 2.91. The summed E-state index contributed by atoms with van der Waals surface area (Å²) >= 11 is 0. The van der Waals surface area contributed by atoms with Gasteiger partial charge in [-0.05, 0) is 12.1 Å². The highest BCUT2D eigenvalue weighted by Crippen LogP contribution is 2.24. The molecule has 1 aromatic rings. The van der Waals surface area contributed by atoms with E-state index in [2.05, 4.69) is 10.6 Å². The molecule has 0 unspecified atom stereocenters. The van der Waals surface area contributed by atoms with Crippen molar-refractivity contribution in [3.8, 4) is 0 Å². The molecule has 0 aliphatic carbocycles. The van der Waals surface area contributed by atoms with Crippen LogP contribution < -0.4 is 10.6 Å². The number of benzene rings is 1. The minimum absolute atomic E-state index is 0.0981. The first kappa shape index (κ1) is 15.0. The molecule has 3 amide bonds. The van der Waals surface area contributed by atoms with Crippen molar-refractivity contribution in [1.82, 2.24) is 4.90 Å². The predicted molar refractivity (Wildman–Crippen MR) is 77.2 cm³/mol. The zero-order chi connectivity index (χ0) is 14.6. The lowest BCUT2D eigenvalue weighted by atomic mass is 9.95. The number of rotatable bonds is 2. The number of para-hydroxylation sites is 2. The molecule has 1 rings (SSSR count). The highest BCUT2D eigenvalue weighted by molar-refractivity contribution is 6.00. The van der Waals surface area contributed by atoms with Crippen LogP contribution in [0.1, 0.15) is 20.8 Å². The maximum atomic E-state index is 12.0. The van der Waals surface area contributed by atoms with Gasteiger partial charge in [0, 0.05) is 19.5 Å². The Morgan fingerprint density at radius 1 is 1.00 bits per heavy atom. The second-order valence-electron chi connectivity index (χ2n) is 5.57. The molecular weight excluding hydrogens is 242 g/mol. The van der Waals surface area contributed by atoms with Gasteiger partial charge in [-0.15, -0.1) is 0 Å². The average Bonchev–Trinajstić information content (AvgIpc) is 2.30. The van der Waals surface area contributed by atoms with Crippen LogP contribution in [0.5, 0.6) is 0 Å². The van der Waals surface area contributed by atoms with Gasteiger partial charge in [0.1, 0.15) is 0 Å². The molecule has 0 radical (unpaired) electrons. The number of hydrogen-bond acceptors (Lipinski definition) is 2. The molecule has 5 nitrogen and oxygen atoms in total. The van der Waals surface area contributed by atoms with E-state index in [1.807, 2.05) is 26.8 Å². The Kier molecular flexibility index (Phi) is 4.53. The van der Waals surface area contributed by atoms with Gasteiger partial charge in [-0.1, -0.05) is 32.9 Å². The molecule has 0 atom stereocenters. The maximum absolute atomic E-state index is 12.0. The zero-order valence-electron chi connectivity index (χ0n) is 12.1. The first-order valence-electron chi connectivity index (χ1n) is 6.10. The van der Waals surface area contributed by atoms with Gasteiger partial charge < -0.3 is 15.5 Å². The molecule has 0 aliphatic heterocycles. The molecule has 1 aromatic carbocycles. The van der Waals surface area contributed by atoms with Gasteiger partial charge in [0.15, 0.2) is 0 Å². The van der Waals surface area contributed by atoms with E-state index < -0.39 is 5.41 Å². The van der Waals surface area contributed by atoms with Crippen molar-refractivity contribution in [1.29, 1.82) is 0 Å². The van der Waals surface area contributed by atoms with Gasteiger partial charge in [-0.2, -0.15) is 0 Å². The SMILES string of the molecule is CN(C)C(=O)Nc1ccccc1NC(=O)C(C)(C)C. The number of urea groups is 1. The summed E-state index contributed by atoms with van der Waals surface area (Å²) in [5.41, 5.74) is 0.690. The molecule has 0 spiro atoms. The molecule has 19 heavy (non-hydrogen) atoms. The molecule has 0 fully saturated rings. The van der Waals surface area contributed by atoms with Crippen LogP contribution >= 0.6 is 0 Å². The summed E-state index contributed by atoms with van der Waals surface area (Å²) in [7, 11) is 3.32. The third-order valence-corrected chi connectivity index (χ3v) is 2.50. The molecule has 0 saturated carbocycles. The summed E-state index contributed by atoms with van der Waals surface area (Å²) in [5.74, 6) is -0.0981. The number of hydrogen-bond donors (Lipinski definition) is 2. The van der Waals surface area contributed by atoms with Gasteiger partial charge >= 0.3 is 6.03 Å². The Morgan fingerprint density at radius 3 is 1.89 bits per heavy atom. The molecule has 0 aliphatic rings. The van der Waals surface area contributed by atoms with Gasteiger partial charge in [0.05, 0.1) is 11.4 Å². The minimum Gasteiger partial charge on any atom is -0.331 e. The van der Waals surface area contributed by atoms with Crippen LogP contribution in [-0.2, 0) is 4.79 Å². The molecule has 0 bridgehead atoms. The molecule has 0 aromatic heterocycles. The number of nitrogens with zero attached hydrogens (tertiary/aromatic N) is 1. The largest absolute Gasteiger partial charge is 0.331 e. The third kappa shape index (κ3) is 4.28. The predicted octanol–water partition coefficient (Wildman–Crippen LogP) is 2.76. The Hall–Kier alpha value is -2.04. The quantitative estimate of drug-likeness (QED) is 0.861. The summed E-state index contributed by atoms with van der Waals surface area (Å²) < 4.78 is 0. The number of nitrogens with one attached hydrogen (secondary N) is 2. The van der Waals surface area contributed by atoms with Crippen LogP contribution in [0.15, 0.2) is 24.3 Å². The van der Waals surface area contributed by atoms with Crippen molar-refractivity contribution < 1.29 is 9.59 Å². The number of carbonyl (C=O) groups is 2. The van der Waals surface area contributed by atoms with E-state index in [1.165, 1.54) is 4.90 Å². The Morgan fingerprint density at radius 2 is 1.47 bits per heavy atom. The van der Waals surface area contributed by atoms with Crippen LogP contribution in [0, 0.1) is 5.41 Å². The van der Waals surface area contributed by atoms with E-state index in [0.29, 0.717) is 11.4 Å². The van der Waals surface area contributed by atoms with Gasteiger partial charge in [0.2, 0.25) is 5.91 Å². The van der Waals surface area contributed by atoms with Crippen molar-refractivity contribution in [3.63, 3.8) is 0 Å². The molecule has 2 N–H and O–H groups in total. The molecule has 5 heteroatoms. The maximum Gasteiger partial charge on any atom is 0.321 e. The van der Waals surface area contributed by atoms with Crippen LogP contribution in [0.2, 0.25) is 0 Å². The number of carbonyl (C=O) groups excluding carboxylic acids is 2. The first-order chi connectivity index (χ1) is 8.71. The monoisotopic (exact) mass is 263 g/mol. The highest BCUT2D eigenvalue weighted by Gasteiger charge is 2.22. The molecule has 104 valence electrons. The van der Waals surface area contributed by atoms with Gasteiger partial charge in [0.25, 0.3) is 0 Å². The normalized spacial score (nSPS) is 10.8. The lowest BCUT2D eigenvalue weighted by molar-refractivity contribution is -0.123. The van der Waals surface area contributed by atoms with E-state index in [4.69, 9.17) is 0 Å². The third-order valence-electron chi connectivity index (χ3n) is 2.50. The first-order valence-corrected chi connectivity index (χ1v) is 6.10. The van der Waals surface area contributed by atoms with Crippen molar-refractivity contribution in [2.45, 2.75) is 20.8 Å². The van der Waals surface area contributed by atoms with E-state index in [0.717, 1.165) is 0 Å². The van der Waals surface area contributed by atoms with Crippen molar-refractivity contribution >= 4 is 23.3 Å². The minimum atomic E-state index is -0.487. The fourth-order valence-electron chi connectivity index (χ4n) is 1.24. The zero-order valence-corrected chi connectivity index (χ0v) is 12.1. The fourth-order valence-corrected chi connectivity index (χ4v) is 1.24. The number of amides is 3. The van der Waals surface area contributed by atoms with Crippen molar-refractivity contribution in [2.24, 2.45) is 5.41 Å². The van der Waals surface area contributed by atoms with E-state index in [-0.39, 0.29) is 11.9 Å². The smallest absolute Gasteiger partial charge is 0.321 e. The summed E-state index contributed by atoms with van der Waals surface area (Å²) in [5, 5.41) is 5.56. The Bertz CT molecular complexity index is 476. The second-order valence-corrected chi connectivity index (χ2v) is 5.57. The van der Waals surface area contributed by atoms with E-state index in [9.17, 15) is 9.59 Å². The summed E-state index contributed by atoms with van der Waals surface area (Å²) in [6.07, 6.45) is 0. The van der Waals surface area contributed by atoms with Crippen LogP contribution in [0.25, 0.3) is 0 Å².